The van der Waals surface area contributed by atoms with Crippen molar-refractivity contribution in [1.29, 1.82) is 0 Å². The predicted octanol–water partition coefficient (Wildman–Crippen LogP) is 3.06. The Kier molecular flexibility index (Phi) is 5.71. The highest BCUT2D eigenvalue weighted by Crippen LogP contribution is 2.26. The van der Waals surface area contributed by atoms with Gasteiger partial charge in [-0.15, -0.1) is 10.2 Å². The van der Waals surface area contributed by atoms with Gasteiger partial charge in [-0.3, -0.25) is 14.4 Å². The smallest absolute Gasteiger partial charge is 0.246 e. The number of amides is 1. The Morgan fingerprint density at radius 3 is 2.36 bits per heavy atom. The van der Waals surface area contributed by atoms with Crippen LogP contribution in [0.4, 0.5) is 15.2 Å². The van der Waals surface area contributed by atoms with Crippen molar-refractivity contribution in [1.82, 2.24) is 10.2 Å². The Labute approximate surface area is 165 Å². The molecule has 1 heterocycles. The lowest BCUT2D eigenvalue weighted by atomic mass is 10.2. The molecule has 0 aliphatic carbocycles. The molecule has 0 radical (unpaired) electrons. The van der Waals surface area contributed by atoms with Crippen molar-refractivity contribution in [3.05, 3.63) is 59.9 Å². The minimum Gasteiger partial charge on any atom is -0.299 e. The third-order valence-electron chi connectivity index (χ3n) is 3.77. The van der Waals surface area contributed by atoms with E-state index in [-0.39, 0.29) is 10.8 Å². The van der Waals surface area contributed by atoms with Crippen LogP contribution in [0.5, 0.6) is 0 Å². The molecule has 2 aromatic carbocycles. The first kappa shape index (κ1) is 19.9. The second-order valence-electron chi connectivity index (χ2n) is 6.07. The number of aromatic nitrogens is 2. The van der Waals surface area contributed by atoms with Crippen LogP contribution in [-0.2, 0) is 14.8 Å². The van der Waals surface area contributed by atoms with Gasteiger partial charge in [-0.05, 0) is 31.2 Å². The molecule has 0 aliphatic heterocycles. The fraction of sp³-hybridized carbons (Fsp3) is 0.167. The molecule has 10 heteroatoms. The number of sulfonamides is 1. The van der Waals surface area contributed by atoms with Gasteiger partial charge in [0.2, 0.25) is 21.1 Å². The number of halogens is 1. The van der Waals surface area contributed by atoms with E-state index < -0.39 is 28.3 Å². The number of aryl methyl sites for hydroxylation is 1. The van der Waals surface area contributed by atoms with Gasteiger partial charge in [0.25, 0.3) is 0 Å². The summed E-state index contributed by atoms with van der Waals surface area (Å²) in [4.78, 5) is 12.3. The molecule has 28 heavy (non-hydrogen) atoms. The second kappa shape index (κ2) is 8.03. The standard InChI is InChI=1S/C18H17FN4O3S2/c1-12-3-5-13(6-4-12)17-21-22-18(27-17)20-16(24)11-23(28(2,25)26)15-9-7-14(19)8-10-15/h3-10H,11H2,1-2H3,(H,20,22,24). The highest BCUT2D eigenvalue weighted by Gasteiger charge is 2.21. The van der Waals surface area contributed by atoms with E-state index in [1.807, 2.05) is 31.2 Å². The van der Waals surface area contributed by atoms with Gasteiger partial charge < -0.3 is 0 Å². The van der Waals surface area contributed by atoms with E-state index in [2.05, 4.69) is 15.5 Å². The Balaban J connectivity index is 1.73. The highest BCUT2D eigenvalue weighted by atomic mass is 32.2. The van der Waals surface area contributed by atoms with Crippen molar-refractivity contribution in [3.8, 4) is 10.6 Å². The van der Waals surface area contributed by atoms with Gasteiger partial charge in [0.15, 0.2) is 0 Å². The average Bonchev–Trinajstić information content (AvgIpc) is 3.09. The van der Waals surface area contributed by atoms with E-state index in [9.17, 15) is 17.6 Å². The highest BCUT2D eigenvalue weighted by molar-refractivity contribution is 7.92. The minimum absolute atomic E-state index is 0.191. The van der Waals surface area contributed by atoms with Gasteiger partial charge in [0.1, 0.15) is 17.4 Å². The number of hydrogen-bond donors (Lipinski definition) is 1. The summed E-state index contributed by atoms with van der Waals surface area (Å²) in [5.74, 6) is -1.08. The SMILES string of the molecule is Cc1ccc(-c2nnc(NC(=O)CN(c3ccc(F)cc3)S(C)(=O)=O)s2)cc1. The van der Waals surface area contributed by atoms with Crippen molar-refractivity contribution in [2.24, 2.45) is 0 Å². The lowest BCUT2D eigenvalue weighted by Crippen LogP contribution is -2.37. The van der Waals surface area contributed by atoms with Crippen LogP contribution in [0, 0.1) is 12.7 Å². The van der Waals surface area contributed by atoms with Crippen LogP contribution < -0.4 is 9.62 Å². The summed E-state index contributed by atoms with van der Waals surface area (Å²) in [6, 6.07) is 12.5. The zero-order valence-corrected chi connectivity index (χ0v) is 16.7. The molecule has 0 spiro atoms. The monoisotopic (exact) mass is 420 g/mol. The third kappa shape index (κ3) is 4.90. The van der Waals surface area contributed by atoms with E-state index in [0.29, 0.717) is 5.01 Å². The molecule has 1 amide bonds. The number of hydrogen-bond acceptors (Lipinski definition) is 6. The van der Waals surface area contributed by atoms with Crippen molar-refractivity contribution >= 4 is 38.1 Å². The number of anilines is 2. The molecule has 3 aromatic rings. The van der Waals surface area contributed by atoms with Crippen LogP contribution in [-0.4, -0.2) is 37.3 Å². The normalized spacial score (nSPS) is 11.2. The second-order valence-corrected chi connectivity index (χ2v) is 8.96. The topological polar surface area (TPSA) is 92.3 Å². The molecule has 146 valence electrons. The van der Waals surface area contributed by atoms with Gasteiger partial charge in [0.05, 0.1) is 11.9 Å². The van der Waals surface area contributed by atoms with Gasteiger partial charge in [0, 0.05) is 5.56 Å². The first-order valence-electron chi connectivity index (χ1n) is 8.16. The molecule has 1 aromatic heterocycles. The van der Waals surface area contributed by atoms with Gasteiger partial charge >= 0.3 is 0 Å². The Morgan fingerprint density at radius 1 is 1.11 bits per heavy atom. The van der Waals surface area contributed by atoms with E-state index in [0.717, 1.165) is 33.8 Å². The molecule has 0 atom stereocenters. The van der Waals surface area contributed by atoms with Crippen LogP contribution >= 0.6 is 11.3 Å². The lowest BCUT2D eigenvalue weighted by molar-refractivity contribution is -0.114. The lowest BCUT2D eigenvalue weighted by Gasteiger charge is -2.21. The third-order valence-corrected chi connectivity index (χ3v) is 5.80. The Morgan fingerprint density at radius 2 is 1.75 bits per heavy atom. The molecular formula is C18H17FN4O3S2. The summed E-state index contributed by atoms with van der Waals surface area (Å²) in [7, 11) is -3.74. The summed E-state index contributed by atoms with van der Waals surface area (Å²) in [6.07, 6.45) is 0.976. The molecule has 3 rings (SSSR count). The summed E-state index contributed by atoms with van der Waals surface area (Å²) < 4.78 is 38.1. The van der Waals surface area contributed by atoms with E-state index >= 15 is 0 Å². The van der Waals surface area contributed by atoms with Gasteiger partial charge in [-0.25, -0.2) is 12.8 Å². The van der Waals surface area contributed by atoms with Crippen LogP contribution in [0.1, 0.15) is 5.56 Å². The van der Waals surface area contributed by atoms with Crippen LogP contribution in [0.2, 0.25) is 0 Å². The molecule has 1 N–H and O–H groups in total. The summed E-state index contributed by atoms with van der Waals surface area (Å²) in [5.41, 5.74) is 2.17. The fourth-order valence-electron chi connectivity index (χ4n) is 2.38. The number of benzene rings is 2. The van der Waals surface area contributed by atoms with E-state index in [1.165, 1.54) is 23.5 Å². The molecule has 0 unspecified atom stereocenters. The molecule has 0 saturated heterocycles. The zero-order chi connectivity index (χ0) is 20.3. The molecule has 0 bridgehead atoms. The summed E-state index contributed by atoms with van der Waals surface area (Å²) >= 11 is 1.18. The number of rotatable bonds is 6. The largest absolute Gasteiger partial charge is 0.299 e. The quantitative estimate of drug-likeness (QED) is 0.662. The maximum atomic E-state index is 13.1. The predicted molar refractivity (Wildman–Crippen MR) is 107 cm³/mol. The molecule has 0 saturated carbocycles. The van der Waals surface area contributed by atoms with Crippen molar-refractivity contribution in [2.75, 3.05) is 22.4 Å². The maximum Gasteiger partial charge on any atom is 0.246 e. The maximum absolute atomic E-state index is 13.1. The first-order valence-corrected chi connectivity index (χ1v) is 10.8. The van der Waals surface area contributed by atoms with Gasteiger partial charge in [-0.1, -0.05) is 41.2 Å². The van der Waals surface area contributed by atoms with Crippen molar-refractivity contribution in [3.63, 3.8) is 0 Å². The van der Waals surface area contributed by atoms with Crippen LogP contribution in [0.15, 0.2) is 48.5 Å². The molecule has 0 aliphatic rings. The Hall–Kier alpha value is -2.85. The molecule has 7 nitrogen and oxygen atoms in total. The number of carbonyl (C=O) groups is 1. The number of carbonyl (C=O) groups excluding carboxylic acids is 1. The summed E-state index contributed by atoms with van der Waals surface area (Å²) in [5, 5.41) is 11.4. The van der Waals surface area contributed by atoms with E-state index in [1.54, 1.807) is 0 Å². The number of nitrogens with one attached hydrogen (secondary N) is 1. The molecular weight excluding hydrogens is 403 g/mol. The van der Waals surface area contributed by atoms with Crippen LogP contribution in [0.25, 0.3) is 10.6 Å². The van der Waals surface area contributed by atoms with Gasteiger partial charge in [-0.2, -0.15) is 0 Å². The van der Waals surface area contributed by atoms with Crippen molar-refractivity contribution in [2.45, 2.75) is 6.92 Å². The Bertz CT molecular complexity index is 1080. The average molecular weight is 420 g/mol. The zero-order valence-electron chi connectivity index (χ0n) is 15.1. The molecule has 0 fully saturated rings. The first-order chi connectivity index (χ1) is 13.2. The van der Waals surface area contributed by atoms with Crippen LogP contribution in [0.3, 0.4) is 0 Å². The fourth-order valence-corrected chi connectivity index (χ4v) is 4.00. The number of nitrogens with zero attached hydrogens (tertiary/aromatic N) is 3. The summed E-state index contributed by atoms with van der Waals surface area (Å²) in [6.45, 7) is 1.51. The minimum atomic E-state index is -3.74. The van der Waals surface area contributed by atoms with E-state index in [4.69, 9.17) is 0 Å². The van der Waals surface area contributed by atoms with Crippen molar-refractivity contribution < 1.29 is 17.6 Å².